The summed E-state index contributed by atoms with van der Waals surface area (Å²) in [6.45, 7) is 0.438. The van der Waals surface area contributed by atoms with E-state index in [9.17, 15) is 14.9 Å². The van der Waals surface area contributed by atoms with Gasteiger partial charge in [0.1, 0.15) is 0 Å². The third-order valence-electron chi connectivity index (χ3n) is 3.37. The predicted molar refractivity (Wildman–Crippen MR) is 92.8 cm³/mol. The number of rotatable bonds is 6. The summed E-state index contributed by atoms with van der Waals surface area (Å²) in [5, 5.41) is 16.5. The van der Waals surface area contributed by atoms with Crippen molar-refractivity contribution < 1.29 is 9.72 Å². The van der Waals surface area contributed by atoms with E-state index in [1.54, 1.807) is 7.05 Å². The molecule has 0 aliphatic carbocycles. The van der Waals surface area contributed by atoms with Gasteiger partial charge in [0.2, 0.25) is 0 Å². The van der Waals surface area contributed by atoms with Gasteiger partial charge in [-0.05, 0) is 24.1 Å². The van der Waals surface area contributed by atoms with Crippen LogP contribution in [0.5, 0.6) is 0 Å². The molecule has 6 nitrogen and oxygen atoms in total. The van der Waals surface area contributed by atoms with E-state index in [0.717, 1.165) is 10.0 Å². The lowest BCUT2D eigenvalue weighted by Gasteiger charge is -2.10. The molecular formula is C16H16BrN3O3. The van der Waals surface area contributed by atoms with Gasteiger partial charge in [-0.2, -0.15) is 0 Å². The summed E-state index contributed by atoms with van der Waals surface area (Å²) in [5.74, 6) is -0.342. The molecule has 2 aromatic carbocycles. The van der Waals surface area contributed by atoms with Crippen LogP contribution in [0.4, 0.5) is 11.4 Å². The summed E-state index contributed by atoms with van der Waals surface area (Å²) in [4.78, 5) is 22.6. The van der Waals surface area contributed by atoms with Crippen molar-refractivity contribution in [2.75, 3.05) is 18.9 Å². The minimum atomic E-state index is -0.517. The monoisotopic (exact) mass is 377 g/mol. The molecule has 0 heterocycles. The lowest BCUT2D eigenvalue weighted by molar-refractivity contribution is -0.384. The van der Waals surface area contributed by atoms with Crippen LogP contribution in [0, 0.1) is 10.1 Å². The number of benzene rings is 2. The average molecular weight is 378 g/mol. The third kappa shape index (κ3) is 4.29. The lowest BCUT2D eigenvalue weighted by atomic mass is 10.1. The fourth-order valence-corrected chi connectivity index (χ4v) is 2.64. The molecule has 0 aliphatic rings. The van der Waals surface area contributed by atoms with E-state index in [2.05, 4.69) is 26.6 Å². The smallest absolute Gasteiger partial charge is 0.270 e. The molecule has 0 atom stereocenters. The van der Waals surface area contributed by atoms with Gasteiger partial charge >= 0.3 is 0 Å². The number of nitro groups is 1. The van der Waals surface area contributed by atoms with Crippen LogP contribution >= 0.6 is 15.9 Å². The second-order valence-corrected chi connectivity index (χ2v) is 5.69. The molecule has 2 aromatic rings. The quantitative estimate of drug-likeness (QED) is 0.596. The summed E-state index contributed by atoms with van der Waals surface area (Å²) >= 11 is 3.46. The molecule has 0 aromatic heterocycles. The van der Waals surface area contributed by atoms with Gasteiger partial charge in [0.25, 0.3) is 11.6 Å². The minimum absolute atomic E-state index is 0.111. The standard InChI is InChI=1S/C16H16BrN3O3/c1-18-15-7-6-12(20(22)23)10-13(15)16(21)19-9-8-11-4-2-3-5-14(11)17/h2-7,10,18H,8-9H2,1H3,(H,19,21). The zero-order chi connectivity index (χ0) is 16.8. The Bertz CT molecular complexity index is 734. The fraction of sp³-hybridized carbons (Fsp3) is 0.188. The first kappa shape index (κ1) is 17.0. The molecule has 0 spiro atoms. The van der Waals surface area contributed by atoms with Gasteiger partial charge < -0.3 is 10.6 Å². The SMILES string of the molecule is CNc1ccc([N+](=O)[O-])cc1C(=O)NCCc1ccccc1Br. The topological polar surface area (TPSA) is 84.3 Å². The van der Waals surface area contributed by atoms with E-state index in [1.165, 1.54) is 18.2 Å². The summed E-state index contributed by atoms with van der Waals surface area (Å²) in [7, 11) is 1.67. The highest BCUT2D eigenvalue weighted by Crippen LogP contribution is 2.22. The summed E-state index contributed by atoms with van der Waals surface area (Å²) < 4.78 is 0.987. The molecule has 0 bridgehead atoms. The molecule has 2 rings (SSSR count). The minimum Gasteiger partial charge on any atom is -0.387 e. The molecule has 0 unspecified atom stereocenters. The Kier molecular flexibility index (Phi) is 5.70. The molecule has 0 saturated heterocycles. The number of carbonyl (C=O) groups is 1. The van der Waals surface area contributed by atoms with E-state index in [0.29, 0.717) is 18.7 Å². The van der Waals surface area contributed by atoms with Gasteiger partial charge in [0, 0.05) is 35.9 Å². The number of halogens is 1. The summed E-state index contributed by atoms with van der Waals surface area (Å²) in [6, 6.07) is 11.9. The maximum atomic E-state index is 12.3. The number of nitrogens with zero attached hydrogens (tertiary/aromatic N) is 1. The van der Waals surface area contributed by atoms with Gasteiger partial charge in [-0.15, -0.1) is 0 Å². The highest BCUT2D eigenvalue weighted by Gasteiger charge is 2.16. The van der Waals surface area contributed by atoms with Crippen LogP contribution in [-0.2, 0) is 6.42 Å². The molecule has 0 radical (unpaired) electrons. The van der Waals surface area contributed by atoms with Crippen LogP contribution in [0.25, 0.3) is 0 Å². The van der Waals surface area contributed by atoms with Crippen molar-refractivity contribution in [1.82, 2.24) is 5.32 Å². The highest BCUT2D eigenvalue weighted by molar-refractivity contribution is 9.10. The van der Waals surface area contributed by atoms with Gasteiger partial charge in [-0.3, -0.25) is 14.9 Å². The van der Waals surface area contributed by atoms with Crippen LogP contribution in [0.2, 0.25) is 0 Å². The second-order valence-electron chi connectivity index (χ2n) is 4.83. The third-order valence-corrected chi connectivity index (χ3v) is 4.14. The zero-order valence-electron chi connectivity index (χ0n) is 12.5. The maximum Gasteiger partial charge on any atom is 0.270 e. The molecule has 2 N–H and O–H groups in total. The molecule has 0 saturated carbocycles. The average Bonchev–Trinajstić information content (AvgIpc) is 2.55. The Morgan fingerprint density at radius 2 is 2.00 bits per heavy atom. The highest BCUT2D eigenvalue weighted by atomic mass is 79.9. The Morgan fingerprint density at radius 3 is 2.65 bits per heavy atom. The number of nitro benzene ring substituents is 1. The number of amides is 1. The van der Waals surface area contributed by atoms with E-state index < -0.39 is 4.92 Å². The first-order chi connectivity index (χ1) is 11.0. The number of nitrogens with one attached hydrogen (secondary N) is 2. The molecule has 23 heavy (non-hydrogen) atoms. The lowest BCUT2D eigenvalue weighted by Crippen LogP contribution is -2.26. The zero-order valence-corrected chi connectivity index (χ0v) is 14.1. The van der Waals surface area contributed by atoms with Crippen molar-refractivity contribution in [3.8, 4) is 0 Å². The molecule has 0 aliphatic heterocycles. The van der Waals surface area contributed by atoms with Gasteiger partial charge in [0.05, 0.1) is 10.5 Å². The van der Waals surface area contributed by atoms with Crippen molar-refractivity contribution >= 4 is 33.2 Å². The van der Waals surface area contributed by atoms with Gasteiger partial charge in [-0.25, -0.2) is 0 Å². The number of anilines is 1. The first-order valence-corrected chi connectivity index (χ1v) is 7.80. The van der Waals surface area contributed by atoms with Crippen LogP contribution in [0.3, 0.4) is 0 Å². The molecule has 1 amide bonds. The molecule has 120 valence electrons. The number of non-ortho nitro benzene ring substituents is 1. The van der Waals surface area contributed by atoms with Crippen molar-refractivity contribution in [3.63, 3.8) is 0 Å². The largest absolute Gasteiger partial charge is 0.387 e. The van der Waals surface area contributed by atoms with Crippen molar-refractivity contribution in [1.29, 1.82) is 0 Å². The van der Waals surface area contributed by atoms with Crippen molar-refractivity contribution in [2.45, 2.75) is 6.42 Å². The van der Waals surface area contributed by atoms with E-state index in [4.69, 9.17) is 0 Å². The van der Waals surface area contributed by atoms with Crippen LogP contribution < -0.4 is 10.6 Å². The Labute approximate surface area is 142 Å². The normalized spacial score (nSPS) is 10.2. The second kappa shape index (κ2) is 7.73. The number of carbonyl (C=O) groups excluding carboxylic acids is 1. The van der Waals surface area contributed by atoms with Crippen LogP contribution in [-0.4, -0.2) is 24.4 Å². The van der Waals surface area contributed by atoms with E-state index in [1.807, 2.05) is 24.3 Å². The maximum absolute atomic E-state index is 12.3. The van der Waals surface area contributed by atoms with E-state index >= 15 is 0 Å². The molecule has 0 fully saturated rings. The fourth-order valence-electron chi connectivity index (χ4n) is 2.16. The van der Waals surface area contributed by atoms with E-state index in [-0.39, 0.29) is 17.2 Å². The Balaban J connectivity index is 2.07. The Morgan fingerprint density at radius 1 is 1.26 bits per heavy atom. The van der Waals surface area contributed by atoms with Crippen molar-refractivity contribution in [2.24, 2.45) is 0 Å². The Hall–Kier alpha value is -2.41. The summed E-state index contributed by atoms with van der Waals surface area (Å²) in [5.41, 5.74) is 1.78. The predicted octanol–water partition coefficient (Wildman–Crippen LogP) is 3.37. The van der Waals surface area contributed by atoms with Gasteiger partial charge in [0.15, 0.2) is 0 Å². The van der Waals surface area contributed by atoms with Crippen molar-refractivity contribution in [3.05, 3.63) is 68.2 Å². The first-order valence-electron chi connectivity index (χ1n) is 7.00. The van der Waals surface area contributed by atoms with Crippen LogP contribution in [0.1, 0.15) is 15.9 Å². The molecular weight excluding hydrogens is 362 g/mol. The van der Waals surface area contributed by atoms with Gasteiger partial charge in [-0.1, -0.05) is 34.1 Å². The van der Waals surface area contributed by atoms with Crippen LogP contribution in [0.15, 0.2) is 46.9 Å². The number of hydrogen-bond acceptors (Lipinski definition) is 4. The molecule has 7 heteroatoms. The summed E-state index contributed by atoms with van der Waals surface area (Å²) in [6.07, 6.45) is 0.664. The number of hydrogen-bond donors (Lipinski definition) is 2.